The second-order valence-electron chi connectivity index (χ2n) is 26.5. The standard InChI is InChI=1S/C81H96OP4S3/c1-64(76-25-13-7-14-26-76)55-84(87,56-65(2)77-27-15-8-16-28-77)52-49-70-37-43-73(44-38-70)61-83(82,62-74-45-39-71(40-46-74)50-53-85(88,57-66(3)78-29-17-9-18-30-78)58-67(4)79-31-19-10-20-32-79)63-75-47-41-72(42-48-75)51-54-86(89,59-68(5)80-33-21-11-22-34-80)60-69(6)81-35-23-12-24-36-81/h7-48,64-69H,49-63H2,1-6H3. The molecule has 0 bridgehead atoms. The zero-order chi connectivity index (χ0) is 62.7. The summed E-state index contributed by atoms with van der Waals surface area (Å²) in [5.74, 6) is 2.45. The van der Waals surface area contributed by atoms with Crippen molar-refractivity contribution >= 4 is 60.7 Å². The van der Waals surface area contributed by atoms with Crippen molar-refractivity contribution in [3.63, 3.8) is 0 Å². The Morgan fingerprint density at radius 2 is 0.404 bits per heavy atom. The van der Waals surface area contributed by atoms with Gasteiger partial charge in [0.25, 0.3) is 0 Å². The van der Waals surface area contributed by atoms with Gasteiger partial charge >= 0.3 is 0 Å². The van der Waals surface area contributed by atoms with Gasteiger partial charge in [-0.25, -0.2) is 0 Å². The van der Waals surface area contributed by atoms with Crippen LogP contribution in [0.25, 0.3) is 0 Å². The van der Waals surface area contributed by atoms with Crippen molar-refractivity contribution in [1.82, 2.24) is 0 Å². The monoisotopic (exact) mass is 1300 g/mol. The highest BCUT2D eigenvalue weighted by molar-refractivity contribution is 8.15. The average Bonchev–Trinajstić information content (AvgIpc) is 3.30. The van der Waals surface area contributed by atoms with Gasteiger partial charge in [0.15, 0.2) is 0 Å². The lowest BCUT2D eigenvalue weighted by molar-refractivity contribution is 0.572. The van der Waals surface area contributed by atoms with Gasteiger partial charge in [-0.2, -0.15) is 0 Å². The smallest absolute Gasteiger partial charge is 0.100 e. The Bertz CT molecular complexity index is 3200. The molecule has 9 aromatic carbocycles. The van der Waals surface area contributed by atoms with Crippen molar-refractivity contribution in [3.8, 4) is 0 Å². The van der Waals surface area contributed by atoms with Crippen LogP contribution < -0.4 is 0 Å². The first kappa shape index (κ1) is 68.5. The van der Waals surface area contributed by atoms with Gasteiger partial charge in [-0.1, -0.05) is 332 Å². The van der Waals surface area contributed by atoms with E-state index in [-0.39, 0.29) is 0 Å². The van der Waals surface area contributed by atoms with Crippen LogP contribution in [0.4, 0.5) is 0 Å². The first-order valence-electron chi connectivity index (χ1n) is 32.7. The van der Waals surface area contributed by atoms with E-state index in [4.69, 9.17) is 35.4 Å². The fraction of sp³-hybridized carbons (Fsp3) is 0.333. The van der Waals surface area contributed by atoms with Crippen LogP contribution in [0.2, 0.25) is 0 Å². The van der Waals surface area contributed by atoms with Gasteiger partial charge in [-0.05, 0) is 195 Å². The maximum atomic E-state index is 16.0. The van der Waals surface area contributed by atoms with Gasteiger partial charge in [0.05, 0.1) is 0 Å². The molecule has 0 aliphatic carbocycles. The summed E-state index contributed by atoms with van der Waals surface area (Å²) >= 11 is 20.5. The summed E-state index contributed by atoms with van der Waals surface area (Å²) in [5, 5.41) is 0. The van der Waals surface area contributed by atoms with Crippen LogP contribution in [0.5, 0.6) is 0 Å². The van der Waals surface area contributed by atoms with Crippen LogP contribution in [0, 0.1) is 0 Å². The SMILES string of the molecule is CC(CP(=S)(CCc1ccc(CP(=O)(Cc2ccc(CCP(=S)(CC(C)c3ccccc3)CC(C)c3ccccc3)cc2)Cc2ccc(CCP(=S)(CC(C)c3ccccc3)CC(C)c3ccccc3)cc2)cc1)CC(C)c1ccccc1)c1ccccc1. The van der Waals surface area contributed by atoms with E-state index in [9.17, 15) is 0 Å². The number of hydrogen-bond donors (Lipinski definition) is 0. The first-order chi connectivity index (χ1) is 42.9. The fourth-order valence-electron chi connectivity index (χ4n) is 13.7. The van der Waals surface area contributed by atoms with Crippen molar-refractivity contribution in [2.75, 3.05) is 55.5 Å². The van der Waals surface area contributed by atoms with Gasteiger partial charge in [0.2, 0.25) is 0 Å². The fourth-order valence-corrected chi connectivity index (χ4v) is 32.3. The van der Waals surface area contributed by atoms with Gasteiger partial charge in [0.1, 0.15) is 7.14 Å². The molecule has 89 heavy (non-hydrogen) atoms. The largest absolute Gasteiger partial charge is 0.323 e. The predicted octanol–water partition coefficient (Wildman–Crippen LogP) is 22.8. The minimum Gasteiger partial charge on any atom is -0.323 e. The second kappa shape index (κ2) is 33.1. The molecule has 9 aromatic rings. The lowest BCUT2D eigenvalue weighted by Gasteiger charge is -2.29. The number of hydrogen-bond acceptors (Lipinski definition) is 4. The Kier molecular flexibility index (Phi) is 25.5. The van der Waals surface area contributed by atoms with Gasteiger partial charge in [0, 0.05) is 18.5 Å². The molecule has 0 fully saturated rings. The molecule has 464 valence electrons. The Morgan fingerprint density at radius 1 is 0.247 bits per heavy atom. The number of benzene rings is 9. The van der Waals surface area contributed by atoms with Gasteiger partial charge in [-0.3, -0.25) is 0 Å². The molecule has 1 nitrogen and oxygen atoms in total. The van der Waals surface area contributed by atoms with E-state index in [1.54, 1.807) is 0 Å². The molecule has 0 saturated carbocycles. The zero-order valence-electron chi connectivity index (χ0n) is 53.7. The third kappa shape index (κ3) is 21.4. The van der Waals surface area contributed by atoms with Gasteiger partial charge < -0.3 is 4.57 Å². The third-order valence-electron chi connectivity index (χ3n) is 18.8. The molecule has 0 heterocycles. The molecule has 0 N–H and O–H groups in total. The van der Waals surface area contributed by atoms with Crippen molar-refractivity contribution < 1.29 is 4.57 Å². The molecule has 8 heteroatoms. The Morgan fingerprint density at radius 3 is 0.573 bits per heavy atom. The van der Waals surface area contributed by atoms with Crippen LogP contribution in [0.1, 0.15) is 144 Å². The van der Waals surface area contributed by atoms with E-state index in [0.29, 0.717) is 54.0 Å². The summed E-state index contributed by atoms with van der Waals surface area (Å²) in [4.78, 5) is 0. The normalized spacial score (nSPS) is 16.5. The number of aryl methyl sites for hydroxylation is 3. The summed E-state index contributed by atoms with van der Waals surface area (Å²) in [6.45, 7) is 14.2. The highest BCUT2D eigenvalue weighted by Crippen LogP contribution is 2.57. The molecule has 9 rings (SSSR count). The Balaban J connectivity index is 0.925. The van der Waals surface area contributed by atoms with E-state index < -0.39 is 25.3 Å². The molecule has 0 aliphatic heterocycles. The van der Waals surface area contributed by atoms with Crippen LogP contribution >= 0.6 is 25.3 Å². The van der Waals surface area contributed by atoms with E-state index in [2.05, 4.69) is 296 Å². The summed E-state index contributed by atoms with van der Waals surface area (Å²) in [7, 11) is -2.86. The van der Waals surface area contributed by atoms with Crippen molar-refractivity contribution in [2.24, 2.45) is 0 Å². The van der Waals surface area contributed by atoms with Gasteiger partial charge in [-0.15, -0.1) is 0 Å². The van der Waals surface area contributed by atoms with Crippen LogP contribution in [0.3, 0.4) is 0 Å². The molecule has 0 spiro atoms. The molecule has 0 saturated heterocycles. The lowest BCUT2D eigenvalue weighted by Crippen LogP contribution is -2.12. The average molecular weight is 1310 g/mol. The van der Waals surface area contributed by atoms with Crippen LogP contribution in [-0.4, -0.2) is 55.5 Å². The van der Waals surface area contributed by atoms with E-state index >= 15 is 4.57 Å². The summed E-state index contributed by atoms with van der Waals surface area (Å²) < 4.78 is 16.0. The molecular weight excluding hydrogens is 1210 g/mol. The highest BCUT2D eigenvalue weighted by Gasteiger charge is 2.29. The molecule has 0 aliphatic rings. The molecule has 0 radical (unpaired) electrons. The zero-order valence-corrected chi connectivity index (χ0v) is 59.8. The van der Waals surface area contributed by atoms with Crippen molar-refractivity contribution in [3.05, 3.63) is 322 Å². The van der Waals surface area contributed by atoms with Crippen molar-refractivity contribution in [2.45, 2.75) is 115 Å². The third-order valence-corrected chi connectivity index (χ3v) is 36.3. The van der Waals surface area contributed by atoms with E-state index in [1.807, 2.05) is 0 Å². The quantitative estimate of drug-likeness (QED) is 0.0381. The predicted molar refractivity (Wildman–Crippen MR) is 405 cm³/mol. The summed E-state index contributed by atoms with van der Waals surface area (Å²) in [5.41, 5.74) is 15.6. The maximum absolute atomic E-state index is 16.0. The highest BCUT2D eigenvalue weighted by atomic mass is 32.4. The molecule has 6 atom stereocenters. The maximum Gasteiger partial charge on any atom is 0.100 e. The minimum atomic E-state index is -2.86. The van der Waals surface area contributed by atoms with Crippen LogP contribution in [-0.2, 0) is 77.7 Å². The summed E-state index contributed by atoms with van der Waals surface area (Å²) in [6, 6.07) is 87.8. The Hall–Kier alpha value is -4.84. The first-order valence-corrected chi connectivity index (χ1v) is 45.1. The molecule has 0 aromatic heterocycles. The molecule has 0 amide bonds. The second-order valence-corrected chi connectivity index (χ2v) is 46.5. The van der Waals surface area contributed by atoms with E-state index in [1.165, 1.54) is 50.1 Å². The van der Waals surface area contributed by atoms with Crippen LogP contribution in [0.15, 0.2) is 255 Å². The minimum absolute atomic E-state index is 0.408. The topological polar surface area (TPSA) is 17.1 Å². The van der Waals surface area contributed by atoms with E-state index in [0.717, 1.165) is 91.4 Å². The molecule has 6 unspecified atom stereocenters. The summed E-state index contributed by atoms with van der Waals surface area (Å²) in [6.07, 6.45) is 13.9. The Labute approximate surface area is 552 Å². The number of rotatable bonds is 33. The molecular formula is C81H96OP4S3. The van der Waals surface area contributed by atoms with Crippen molar-refractivity contribution in [1.29, 1.82) is 0 Å². The lowest BCUT2D eigenvalue weighted by atomic mass is 10.0.